The Bertz CT molecular complexity index is 446. The molecule has 2 heteroatoms. The molecule has 1 aromatic carbocycles. The monoisotopic (exact) mass is 221 g/mol. The Balaban J connectivity index is 2.43. The molecule has 0 bridgehead atoms. The topological polar surface area (TPSA) is 15.8 Å². The first kappa shape index (κ1) is 10.6. The van der Waals surface area contributed by atoms with E-state index in [9.17, 15) is 0 Å². The number of H-pyrrole nitrogens is 1. The second-order valence-electron chi connectivity index (χ2n) is 4.08. The zero-order valence-electron chi connectivity index (χ0n) is 9.13. The summed E-state index contributed by atoms with van der Waals surface area (Å²) in [7, 11) is 0. The van der Waals surface area contributed by atoms with Crippen LogP contribution in [-0.2, 0) is 0 Å². The van der Waals surface area contributed by atoms with Gasteiger partial charge in [0.05, 0.1) is 5.38 Å². The number of benzene rings is 1. The number of para-hydroxylation sites is 1. The highest BCUT2D eigenvalue weighted by Gasteiger charge is 2.17. The van der Waals surface area contributed by atoms with Gasteiger partial charge in [-0.2, -0.15) is 0 Å². The van der Waals surface area contributed by atoms with Crippen molar-refractivity contribution in [3.8, 4) is 0 Å². The van der Waals surface area contributed by atoms with Crippen molar-refractivity contribution < 1.29 is 0 Å². The minimum Gasteiger partial charge on any atom is -0.361 e. The van der Waals surface area contributed by atoms with Crippen LogP contribution in [0.2, 0.25) is 0 Å². The molecule has 0 fully saturated rings. The number of aromatic nitrogens is 1. The Morgan fingerprint density at radius 3 is 2.80 bits per heavy atom. The van der Waals surface area contributed by atoms with E-state index < -0.39 is 0 Å². The van der Waals surface area contributed by atoms with Gasteiger partial charge in [0, 0.05) is 17.1 Å². The average Bonchev–Trinajstić information content (AvgIpc) is 2.70. The first-order valence-electron chi connectivity index (χ1n) is 5.44. The average molecular weight is 222 g/mol. The molecule has 2 unspecified atom stereocenters. The fourth-order valence-electron chi connectivity index (χ4n) is 1.84. The summed E-state index contributed by atoms with van der Waals surface area (Å²) < 4.78 is 0. The van der Waals surface area contributed by atoms with E-state index >= 15 is 0 Å². The quantitative estimate of drug-likeness (QED) is 0.735. The lowest BCUT2D eigenvalue weighted by atomic mass is 9.98. The Hall–Kier alpha value is -0.950. The lowest BCUT2D eigenvalue weighted by Gasteiger charge is -2.15. The second kappa shape index (κ2) is 4.28. The van der Waals surface area contributed by atoms with Crippen molar-refractivity contribution in [1.82, 2.24) is 4.98 Å². The van der Waals surface area contributed by atoms with Gasteiger partial charge in [-0.15, -0.1) is 11.6 Å². The normalized spacial score (nSPS) is 15.4. The van der Waals surface area contributed by atoms with Crippen LogP contribution in [0.5, 0.6) is 0 Å². The number of alkyl halides is 1. The molecular formula is C13H16ClN. The Kier molecular flexibility index (Phi) is 3.01. The van der Waals surface area contributed by atoms with Crippen LogP contribution in [0, 0.1) is 5.92 Å². The smallest absolute Gasteiger partial charge is 0.0631 e. The van der Waals surface area contributed by atoms with Gasteiger partial charge >= 0.3 is 0 Å². The van der Waals surface area contributed by atoms with Crippen molar-refractivity contribution >= 4 is 22.5 Å². The molecule has 0 amide bonds. The highest BCUT2D eigenvalue weighted by atomic mass is 35.5. The van der Waals surface area contributed by atoms with Crippen LogP contribution in [0.1, 0.15) is 31.2 Å². The van der Waals surface area contributed by atoms with E-state index in [2.05, 4.69) is 37.0 Å². The SMILES string of the molecule is CCC(C)C(Cl)c1c[nH]c2ccccc12. The third-order valence-corrected chi connectivity index (χ3v) is 3.73. The fraction of sp³-hybridized carbons (Fsp3) is 0.385. The zero-order valence-corrected chi connectivity index (χ0v) is 9.88. The molecule has 15 heavy (non-hydrogen) atoms. The van der Waals surface area contributed by atoms with E-state index in [0.717, 1.165) is 6.42 Å². The van der Waals surface area contributed by atoms with Crippen molar-refractivity contribution in [3.63, 3.8) is 0 Å². The third kappa shape index (κ3) is 1.89. The summed E-state index contributed by atoms with van der Waals surface area (Å²) in [5.74, 6) is 0.505. The highest BCUT2D eigenvalue weighted by molar-refractivity contribution is 6.22. The number of hydrogen-bond donors (Lipinski definition) is 1. The van der Waals surface area contributed by atoms with Gasteiger partial charge in [-0.1, -0.05) is 38.5 Å². The van der Waals surface area contributed by atoms with Crippen LogP contribution >= 0.6 is 11.6 Å². The van der Waals surface area contributed by atoms with Crippen LogP contribution in [0.15, 0.2) is 30.5 Å². The maximum absolute atomic E-state index is 6.46. The molecule has 0 aliphatic heterocycles. The van der Waals surface area contributed by atoms with Crippen LogP contribution in [0.4, 0.5) is 0 Å². The van der Waals surface area contributed by atoms with E-state index in [1.54, 1.807) is 0 Å². The van der Waals surface area contributed by atoms with Crippen LogP contribution in [-0.4, -0.2) is 4.98 Å². The standard InChI is InChI=1S/C13H16ClN/c1-3-9(2)13(14)11-8-15-12-7-5-4-6-10(11)12/h4-9,13,15H,3H2,1-2H3. The molecule has 0 saturated heterocycles. The molecule has 1 heterocycles. The number of hydrogen-bond acceptors (Lipinski definition) is 0. The van der Waals surface area contributed by atoms with E-state index in [4.69, 9.17) is 11.6 Å². The number of halogens is 1. The van der Waals surface area contributed by atoms with Gasteiger partial charge in [-0.05, 0) is 17.5 Å². The Morgan fingerprint density at radius 2 is 2.07 bits per heavy atom. The minimum absolute atomic E-state index is 0.103. The van der Waals surface area contributed by atoms with Gasteiger partial charge in [0.15, 0.2) is 0 Å². The number of rotatable bonds is 3. The van der Waals surface area contributed by atoms with E-state index in [-0.39, 0.29) is 5.38 Å². The van der Waals surface area contributed by atoms with E-state index in [1.807, 2.05) is 12.3 Å². The van der Waals surface area contributed by atoms with Crippen molar-refractivity contribution in [3.05, 3.63) is 36.0 Å². The van der Waals surface area contributed by atoms with Gasteiger partial charge in [-0.3, -0.25) is 0 Å². The lowest BCUT2D eigenvalue weighted by Crippen LogP contribution is -2.01. The van der Waals surface area contributed by atoms with Crippen LogP contribution in [0.3, 0.4) is 0 Å². The van der Waals surface area contributed by atoms with Gasteiger partial charge in [0.2, 0.25) is 0 Å². The molecule has 2 atom stereocenters. The number of fused-ring (bicyclic) bond motifs is 1. The van der Waals surface area contributed by atoms with Gasteiger partial charge < -0.3 is 4.98 Å². The molecule has 0 radical (unpaired) electrons. The minimum atomic E-state index is 0.103. The van der Waals surface area contributed by atoms with Crippen molar-refractivity contribution in [2.24, 2.45) is 5.92 Å². The van der Waals surface area contributed by atoms with E-state index in [0.29, 0.717) is 5.92 Å². The molecule has 0 aliphatic carbocycles. The molecule has 1 N–H and O–H groups in total. The van der Waals surface area contributed by atoms with Crippen molar-refractivity contribution in [2.75, 3.05) is 0 Å². The summed E-state index contributed by atoms with van der Waals surface area (Å²) in [6.07, 6.45) is 3.14. The molecule has 2 rings (SSSR count). The summed E-state index contributed by atoms with van der Waals surface area (Å²) in [6.45, 7) is 4.37. The van der Waals surface area contributed by atoms with Crippen molar-refractivity contribution in [2.45, 2.75) is 25.6 Å². The highest BCUT2D eigenvalue weighted by Crippen LogP contribution is 2.35. The van der Waals surface area contributed by atoms with Gasteiger partial charge in [-0.25, -0.2) is 0 Å². The summed E-state index contributed by atoms with van der Waals surface area (Å²) in [4.78, 5) is 3.26. The first-order valence-corrected chi connectivity index (χ1v) is 5.87. The molecule has 1 nitrogen and oxygen atoms in total. The zero-order chi connectivity index (χ0) is 10.8. The molecule has 0 aliphatic rings. The maximum Gasteiger partial charge on any atom is 0.0631 e. The first-order chi connectivity index (χ1) is 7.24. The van der Waals surface area contributed by atoms with Crippen molar-refractivity contribution in [1.29, 1.82) is 0 Å². The molecule has 0 spiro atoms. The number of aromatic amines is 1. The lowest BCUT2D eigenvalue weighted by molar-refractivity contribution is 0.544. The predicted molar refractivity (Wildman–Crippen MR) is 66.3 cm³/mol. The Morgan fingerprint density at radius 1 is 1.33 bits per heavy atom. The Labute approximate surface area is 95.5 Å². The molecule has 2 aromatic rings. The van der Waals surface area contributed by atoms with E-state index in [1.165, 1.54) is 16.5 Å². The van der Waals surface area contributed by atoms with Crippen LogP contribution in [0.25, 0.3) is 10.9 Å². The molecular weight excluding hydrogens is 206 g/mol. The van der Waals surface area contributed by atoms with Gasteiger partial charge in [0.25, 0.3) is 0 Å². The maximum atomic E-state index is 6.46. The third-order valence-electron chi connectivity index (χ3n) is 3.06. The second-order valence-corrected chi connectivity index (χ2v) is 4.55. The van der Waals surface area contributed by atoms with Crippen LogP contribution < -0.4 is 0 Å². The summed E-state index contributed by atoms with van der Waals surface area (Å²) in [6, 6.07) is 8.30. The summed E-state index contributed by atoms with van der Waals surface area (Å²) in [5.41, 5.74) is 2.39. The predicted octanol–water partition coefficient (Wildman–Crippen LogP) is 4.49. The number of nitrogens with one attached hydrogen (secondary N) is 1. The molecule has 1 aromatic heterocycles. The summed E-state index contributed by atoms with van der Waals surface area (Å²) in [5, 5.41) is 1.35. The summed E-state index contributed by atoms with van der Waals surface area (Å²) >= 11 is 6.46. The fourth-order valence-corrected chi connectivity index (χ4v) is 2.19. The largest absolute Gasteiger partial charge is 0.361 e. The van der Waals surface area contributed by atoms with Gasteiger partial charge in [0.1, 0.15) is 0 Å². The molecule has 80 valence electrons. The molecule has 0 saturated carbocycles.